The van der Waals surface area contributed by atoms with Gasteiger partial charge in [0.2, 0.25) is 0 Å². The molecule has 1 N–H and O–H groups in total. The van der Waals surface area contributed by atoms with Gasteiger partial charge in [-0.1, -0.05) is 37.3 Å². The van der Waals surface area contributed by atoms with Crippen molar-refractivity contribution in [1.29, 1.82) is 0 Å². The third-order valence-corrected chi connectivity index (χ3v) is 4.05. The molecule has 0 saturated carbocycles. The molecule has 1 aliphatic rings. The molecule has 3 nitrogen and oxygen atoms in total. The fourth-order valence-electron chi connectivity index (χ4n) is 2.92. The number of hydrogen-bond donors (Lipinski definition) is 1. The van der Waals surface area contributed by atoms with Crippen molar-refractivity contribution in [2.24, 2.45) is 0 Å². The molecule has 112 valence electrons. The van der Waals surface area contributed by atoms with E-state index in [0.29, 0.717) is 0 Å². The van der Waals surface area contributed by atoms with Crippen LogP contribution in [-0.4, -0.2) is 37.7 Å². The van der Waals surface area contributed by atoms with Gasteiger partial charge < -0.3 is 10.1 Å². The van der Waals surface area contributed by atoms with Crippen molar-refractivity contribution in [2.45, 2.75) is 19.9 Å². The lowest BCUT2D eigenvalue weighted by Crippen LogP contribution is -2.42. The van der Waals surface area contributed by atoms with Crippen LogP contribution in [0.5, 0.6) is 5.75 Å². The van der Waals surface area contributed by atoms with Crippen molar-refractivity contribution in [3.63, 3.8) is 0 Å². The Bertz CT molecular complexity index is 591. The maximum Gasteiger partial charge on any atom is 0.124 e. The molecule has 0 bridgehead atoms. The molecule has 0 atom stereocenters. The molecule has 3 rings (SSSR count). The van der Waals surface area contributed by atoms with Crippen LogP contribution in [0.15, 0.2) is 36.4 Å². The minimum Gasteiger partial charge on any atom is -0.493 e. The lowest BCUT2D eigenvalue weighted by atomic mass is 10.0. The number of hydrogen-bond acceptors (Lipinski definition) is 3. The maximum absolute atomic E-state index is 5.99. The van der Waals surface area contributed by atoms with Crippen LogP contribution >= 0.6 is 0 Å². The Morgan fingerprint density at radius 1 is 1.10 bits per heavy atom. The van der Waals surface area contributed by atoms with Crippen LogP contribution in [-0.2, 0) is 6.54 Å². The Labute approximate surface area is 126 Å². The second-order valence-corrected chi connectivity index (χ2v) is 5.64. The summed E-state index contributed by atoms with van der Waals surface area (Å²) in [6.07, 6.45) is 1.04. The molecule has 1 saturated heterocycles. The number of piperazine rings is 1. The summed E-state index contributed by atoms with van der Waals surface area (Å²) in [4.78, 5) is 2.51. The van der Waals surface area contributed by atoms with Gasteiger partial charge in [0, 0.05) is 38.3 Å². The first kappa shape index (κ1) is 14.4. The van der Waals surface area contributed by atoms with Gasteiger partial charge in [-0.05, 0) is 23.3 Å². The van der Waals surface area contributed by atoms with Crippen LogP contribution in [0, 0.1) is 0 Å². The highest BCUT2D eigenvalue weighted by atomic mass is 16.5. The molecule has 0 unspecified atom stereocenters. The number of nitrogens with one attached hydrogen (secondary N) is 1. The third-order valence-electron chi connectivity index (χ3n) is 4.05. The zero-order valence-corrected chi connectivity index (χ0v) is 12.8. The Balaban J connectivity index is 1.94. The molecule has 0 spiro atoms. The highest BCUT2D eigenvalue weighted by Crippen LogP contribution is 2.29. The maximum atomic E-state index is 5.99. The Hall–Kier alpha value is -1.58. The zero-order chi connectivity index (χ0) is 14.5. The minimum atomic E-state index is 0.785. The van der Waals surface area contributed by atoms with Crippen LogP contribution in [0.4, 0.5) is 0 Å². The van der Waals surface area contributed by atoms with Crippen LogP contribution in [0.25, 0.3) is 10.8 Å². The quantitative estimate of drug-likeness (QED) is 0.913. The van der Waals surface area contributed by atoms with Crippen molar-refractivity contribution in [3.8, 4) is 5.75 Å². The van der Waals surface area contributed by atoms with Gasteiger partial charge in [-0.15, -0.1) is 0 Å². The van der Waals surface area contributed by atoms with Gasteiger partial charge in [0.05, 0.1) is 6.61 Å². The Morgan fingerprint density at radius 2 is 1.90 bits per heavy atom. The summed E-state index contributed by atoms with van der Waals surface area (Å²) in [6, 6.07) is 12.9. The van der Waals surface area contributed by atoms with Gasteiger partial charge in [0.1, 0.15) is 5.75 Å². The number of nitrogens with zero attached hydrogens (tertiary/aromatic N) is 1. The second kappa shape index (κ2) is 6.92. The van der Waals surface area contributed by atoms with Crippen molar-refractivity contribution in [3.05, 3.63) is 42.0 Å². The fourth-order valence-corrected chi connectivity index (χ4v) is 2.92. The molecule has 0 aliphatic carbocycles. The van der Waals surface area contributed by atoms with Gasteiger partial charge >= 0.3 is 0 Å². The minimum absolute atomic E-state index is 0.785. The van der Waals surface area contributed by atoms with E-state index >= 15 is 0 Å². The van der Waals surface area contributed by atoms with Crippen molar-refractivity contribution >= 4 is 10.8 Å². The van der Waals surface area contributed by atoms with E-state index in [0.717, 1.165) is 51.5 Å². The van der Waals surface area contributed by atoms with Crippen molar-refractivity contribution < 1.29 is 4.74 Å². The summed E-state index contributed by atoms with van der Waals surface area (Å²) >= 11 is 0. The lowest BCUT2D eigenvalue weighted by molar-refractivity contribution is 0.228. The topological polar surface area (TPSA) is 24.5 Å². The fraction of sp³-hybridized carbons (Fsp3) is 0.444. The standard InChI is InChI=1S/C18H24N2O/c1-2-13-21-18-8-7-15-5-3-4-6-16(15)17(18)14-20-11-9-19-10-12-20/h3-8,19H,2,9-14H2,1H3. The van der Waals surface area contributed by atoms with E-state index in [2.05, 4.69) is 53.5 Å². The van der Waals surface area contributed by atoms with Crippen LogP contribution in [0.1, 0.15) is 18.9 Å². The molecule has 2 aromatic rings. The number of fused-ring (bicyclic) bond motifs is 1. The summed E-state index contributed by atoms with van der Waals surface area (Å²) in [5.74, 6) is 1.05. The zero-order valence-electron chi connectivity index (χ0n) is 12.8. The Kier molecular flexibility index (Phi) is 4.73. The third kappa shape index (κ3) is 3.36. The molecular weight excluding hydrogens is 260 g/mol. The molecule has 1 fully saturated rings. The predicted octanol–water partition coefficient (Wildman–Crippen LogP) is 3.03. The molecule has 2 aromatic carbocycles. The molecule has 1 aliphatic heterocycles. The predicted molar refractivity (Wildman–Crippen MR) is 87.9 cm³/mol. The largest absolute Gasteiger partial charge is 0.493 e. The first-order valence-corrected chi connectivity index (χ1v) is 7.95. The summed E-state index contributed by atoms with van der Waals surface area (Å²) in [6.45, 7) is 8.28. The van der Waals surface area contributed by atoms with E-state index in [1.54, 1.807) is 0 Å². The van der Waals surface area contributed by atoms with Gasteiger partial charge in [-0.3, -0.25) is 4.90 Å². The lowest BCUT2D eigenvalue weighted by Gasteiger charge is -2.28. The molecule has 0 aromatic heterocycles. The van der Waals surface area contributed by atoms with Gasteiger partial charge in [-0.25, -0.2) is 0 Å². The van der Waals surface area contributed by atoms with E-state index < -0.39 is 0 Å². The number of ether oxygens (including phenoxy) is 1. The average Bonchev–Trinajstić information content (AvgIpc) is 2.55. The van der Waals surface area contributed by atoms with Gasteiger partial charge in [0.15, 0.2) is 0 Å². The molecule has 3 heteroatoms. The number of rotatable bonds is 5. The van der Waals surface area contributed by atoms with Crippen LogP contribution < -0.4 is 10.1 Å². The second-order valence-electron chi connectivity index (χ2n) is 5.64. The first-order valence-electron chi connectivity index (χ1n) is 7.95. The summed E-state index contributed by atoms with van der Waals surface area (Å²) in [5.41, 5.74) is 1.34. The smallest absolute Gasteiger partial charge is 0.124 e. The first-order chi connectivity index (χ1) is 10.4. The van der Waals surface area contributed by atoms with E-state index in [-0.39, 0.29) is 0 Å². The van der Waals surface area contributed by atoms with Crippen LogP contribution in [0.2, 0.25) is 0 Å². The summed E-state index contributed by atoms with van der Waals surface area (Å²) in [5, 5.41) is 6.04. The van der Waals surface area contributed by atoms with Crippen LogP contribution in [0.3, 0.4) is 0 Å². The van der Waals surface area contributed by atoms with E-state index in [4.69, 9.17) is 4.74 Å². The summed E-state index contributed by atoms with van der Waals surface area (Å²) < 4.78 is 5.99. The monoisotopic (exact) mass is 284 g/mol. The summed E-state index contributed by atoms with van der Waals surface area (Å²) in [7, 11) is 0. The average molecular weight is 284 g/mol. The molecule has 0 radical (unpaired) electrons. The molecular formula is C18H24N2O. The Morgan fingerprint density at radius 3 is 2.71 bits per heavy atom. The van der Waals surface area contributed by atoms with Gasteiger partial charge in [-0.2, -0.15) is 0 Å². The highest BCUT2D eigenvalue weighted by molar-refractivity contribution is 5.87. The van der Waals surface area contributed by atoms with E-state index in [9.17, 15) is 0 Å². The molecule has 1 heterocycles. The molecule has 0 amide bonds. The highest BCUT2D eigenvalue weighted by Gasteiger charge is 2.15. The van der Waals surface area contributed by atoms with Gasteiger partial charge in [0.25, 0.3) is 0 Å². The van der Waals surface area contributed by atoms with Crippen molar-refractivity contribution in [1.82, 2.24) is 10.2 Å². The number of benzene rings is 2. The van der Waals surface area contributed by atoms with E-state index in [1.165, 1.54) is 16.3 Å². The van der Waals surface area contributed by atoms with E-state index in [1.807, 2.05) is 0 Å². The SMILES string of the molecule is CCCOc1ccc2ccccc2c1CN1CCNCC1. The normalized spacial score (nSPS) is 16.2. The van der Waals surface area contributed by atoms with Crippen molar-refractivity contribution in [2.75, 3.05) is 32.8 Å². The molecule has 21 heavy (non-hydrogen) atoms.